The van der Waals surface area contributed by atoms with Gasteiger partial charge in [-0.2, -0.15) is 0 Å². The molecule has 1 atom stereocenters. The number of fused-ring (bicyclic) bond motifs is 6. The lowest BCUT2D eigenvalue weighted by Crippen LogP contribution is -2.45. The summed E-state index contributed by atoms with van der Waals surface area (Å²) in [5.74, 6) is 2.33. The van der Waals surface area contributed by atoms with E-state index in [0.717, 1.165) is 65.2 Å². The molecule has 1 saturated carbocycles. The maximum atomic E-state index is 9.77. The van der Waals surface area contributed by atoms with Gasteiger partial charge in [0.2, 0.25) is 5.88 Å². The zero-order valence-corrected chi connectivity index (χ0v) is 19.3. The van der Waals surface area contributed by atoms with E-state index in [1.165, 1.54) is 0 Å². The van der Waals surface area contributed by atoms with Gasteiger partial charge in [0, 0.05) is 23.4 Å². The average Bonchev–Trinajstić information content (AvgIpc) is 3.45. The SMILES string of the molecule is O[C@H]1CC[C@@H](Oc2cc(-c3ccc4nc5n(c4n3)C3(COC5)COc4ccccc43)ccn2)CC1. The number of pyridine rings is 2. The van der Waals surface area contributed by atoms with Crippen molar-refractivity contribution in [3.63, 3.8) is 0 Å². The van der Waals surface area contributed by atoms with Gasteiger partial charge >= 0.3 is 0 Å². The van der Waals surface area contributed by atoms with E-state index in [0.29, 0.717) is 25.7 Å². The van der Waals surface area contributed by atoms with Crippen LogP contribution in [0.25, 0.3) is 22.4 Å². The van der Waals surface area contributed by atoms with Crippen LogP contribution in [0.4, 0.5) is 0 Å². The van der Waals surface area contributed by atoms with Crippen molar-refractivity contribution in [1.29, 1.82) is 0 Å². The number of benzene rings is 1. The van der Waals surface area contributed by atoms with Gasteiger partial charge in [0.15, 0.2) is 5.65 Å². The van der Waals surface area contributed by atoms with Crippen molar-refractivity contribution >= 4 is 11.2 Å². The van der Waals surface area contributed by atoms with Gasteiger partial charge in [-0.3, -0.25) is 4.57 Å². The smallest absolute Gasteiger partial charge is 0.214 e. The summed E-state index contributed by atoms with van der Waals surface area (Å²) in [6.45, 7) is 1.44. The van der Waals surface area contributed by atoms with Crippen LogP contribution in [0.3, 0.4) is 0 Å². The summed E-state index contributed by atoms with van der Waals surface area (Å²) >= 11 is 0. The number of para-hydroxylation sites is 1. The highest BCUT2D eigenvalue weighted by atomic mass is 16.5. The molecular weight excluding hydrogens is 444 g/mol. The third kappa shape index (κ3) is 3.39. The first-order chi connectivity index (χ1) is 17.2. The van der Waals surface area contributed by atoms with E-state index < -0.39 is 5.54 Å². The molecule has 2 aliphatic heterocycles. The molecule has 0 saturated heterocycles. The Kier molecular flexibility index (Phi) is 4.78. The fourth-order valence-corrected chi connectivity index (χ4v) is 5.61. The van der Waals surface area contributed by atoms with Crippen LogP contribution in [0.15, 0.2) is 54.7 Å². The third-order valence-electron chi connectivity index (χ3n) is 7.39. The van der Waals surface area contributed by atoms with Gasteiger partial charge in [0.25, 0.3) is 0 Å². The van der Waals surface area contributed by atoms with Crippen molar-refractivity contribution in [2.45, 2.75) is 50.0 Å². The molecule has 8 heteroatoms. The van der Waals surface area contributed by atoms with Gasteiger partial charge in [0.1, 0.15) is 41.9 Å². The molecule has 0 radical (unpaired) electrons. The number of nitrogens with zero attached hydrogens (tertiary/aromatic N) is 4. The lowest BCUT2D eigenvalue weighted by molar-refractivity contribution is 0.0134. The number of ether oxygens (including phenoxy) is 3. The number of hydrogen-bond acceptors (Lipinski definition) is 7. The second-order valence-electron chi connectivity index (χ2n) is 9.64. The van der Waals surface area contributed by atoms with Crippen molar-refractivity contribution in [2.75, 3.05) is 13.2 Å². The van der Waals surface area contributed by atoms with Crippen LogP contribution < -0.4 is 9.47 Å². The maximum absolute atomic E-state index is 9.77. The first-order valence-electron chi connectivity index (χ1n) is 12.2. The Balaban J connectivity index is 1.28. The summed E-state index contributed by atoms with van der Waals surface area (Å²) in [6, 6.07) is 16.0. The molecule has 1 aliphatic carbocycles. The standard InChI is InChI=1S/C27H26N4O4/c32-18-5-7-19(8-6-18)35-25-13-17(11-12-28-25)21-9-10-22-26(30-21)31-24(29-22)14-33-15-27(31)16-34-23-4-2-1-3-20(23)27/h1-4,9-13,18-19,32H,5-8,14-16H2/t18-,19+,27?. The van der Waals surface area contributed by atoms with Gasteiger partial charge in [-0.1, -0.05) is 18.2 Å². The van der Waals surface area contributed by atoms with Crippen LogP contribution >= 0.6 is 0 Å². The fourth-order valence-electron chi connectivity index (χ4n) is 5.61. The van der Waals surface area contributed by atoms with Gasteiger partial charge < -0.3 is 19.3 Å². The first kappa shape index (κ1) is 20.8. The lowest BCUT2D eigenvalue weighted by atomic mass is 9.91. The summed E-state index contributed by atoms with van der Waals surface area (Å²) in [4.78, 5) is 14.3. The molecule has 8 nitrogen and oxygen atoms in total. The van der Waals surface area contributed by atoms with E-state index in [1.807, 2.05) is 42.5 Å². The number of rotatable bonds is 3. The minimum Gasteiger partial charge on any atom is -0.490 e. The van der Waals surface area contributed by atoms with Crippen LogP contribution in [0.2, 0.25) is 0 Å². The molecule has 1 aromatic carbocycles. The highest BCUT2D eigenvalue weighted by molar-refractivity contribution is 5.77. The Morgan fingerprint density at radius 3 is 2.80 bits per heavy atom. The van der Waals surface area contributed by atoms with Crippen LogP contribution in [-0.2, 0) is 16.9 Å². The van der Waals surface area contributed by atoms with Crippen LogP contribution in [0.5, 0.6) is 11.6 Å². The summed E-state index contributed by atoms with van der Waals surface area (Å²) in [6.07, 6.45) is 4.86. The van der Waals surface area contributed by atoms with Crippen molar-refractivity contribution in [2.24, 2.45) is 0 Å². The Morgan fingerprint density at radius 2 is 1.89 bits per heavy atom. The normalized spacial score (nSPS) is 25.3. The quantitative estimate of drug-likeness (QED) is 0.486. The molecule has 4 aromatic rings. The topological polar surface area (TPSA) is 91.5 Å². The predicted octanol–water partition coefficient (Wildman–Crippen LogP) is 3.84. The lowest BCUT2D eigenvalue weighted by Gasteiger charge is -2.34. The molecular formula is C27H26N4O4. The molecule has 5 heterocycles. The van der Waals surface area contributed by atoms with Gasteiger partial charge in [-0.15, -0.1) is 0 Å². The highest BCUT2D eigenvalue weighted by Crippen LogP contribution is 2.44. The van der Waals surface area contributed by atoms with Crippen LogP contribution in [0, 0.1) is 0 Å². The summed E-state index contributed by atoms with van der Waals surface area (Å²) < 4.78 is 20.4. The maximum Gasteiger partial charge on any atom is 0.214 e. The van der Waals surface area contributed by atoms with Crippen LogP contribution in [-0.4, -0.2) is 50.0 Å². The minimum absolute atomic E-state index is 0.0840. The fraction of sp³-hybridized carbons (Fsp3) is 0.370. The van der Waals surface area contributed by atoms with Crippen molar-refractivity contribution < 1.29 is 19.3 Å². The molecule has 1 unspecified atom stereocenters. The van der Waals surface area contributed by atoms with Crippen molar-refractivity contribution in [3.05, 3.63) is 66.1 Å². The molecule has 3 aliphatic rings. The van der Waals surface area contributed by atoms with E-state index >= 15 is 0 Å². The summed E-state index contributed by atoms with van der Waals surface area (Å²) in [5, 5.41) is 9.77. The van der Waals surface area contributed by atoms with Crippen molar-refractivity contribution in [3.8, 4) is 22.9 Å². The van der Waals surface area contributed by atoms with Crippen molar-refractivity contribution in [1.82, 2.24) is 19.5 Å². The Morgan fingerprint density at radius 1 is 1.00 bits per heavy atom. The zero-order valence-electron chi connectivity index (χ0n) is 19.3. The number of aromatic nitrogens is 4. The zero-order chi connectivity index (χ0) is 23.4. The number of aliphatic hydroxyl groups excluding tert-OH is 1. The van der Waals surface area contributed by atoms with Gasteiger partial charge in [0.05, 0.1) is 18.4 Å². The molecule has 1 fully saturated rings. The predicted molar refractivity (Wildman–Crippen MR) is 128 cm³/mol. The molecule has 7 rings (SSSR count). The molecule has 0 bridgehead atoms. The first-order valence-corrected chi connectivity index (χ1v) is 12.2. The molecule has 0 amide bonds. The number of hydrogen-bond donors (Lipinski definition) is 1. The number of aliphatic hydroxyl groups is 1. The van der Waals surface area contributed by atoms with Crippen LogP contribution in [0.1, 0.15) is 37.1 Å². The monoisotopic (exact) mass is 470 g/mol. The van der Waals surface area contributed by atoms with E-state index in [9.17, 15) is 5.11 Å². The Hall–Kier alpha value is -3.49. The average molecular weight is 471 g/mol. The second kappa shape index (κ2) is 8.03. The second-order valence-corrected chi connectivity index (χ2v) is 9.64. The van der Waals surface area contributed by atoms with Gasteiger partial charge in [-0.25, -0.2) is 15.0 Å². The van der Waals surface area contributed by atoms with E-state index in [1.54, 1.807) is 6.20 Å². The van der Waals surface area contributed by atoms with Gasteiger partial charge in [-0.05, 0) is 49.9 Å². The minimum atomic E-state index is -0.484. The molecule has 35 heavy (non-hydrogen) atoms. The molecule has 178 valence electrons. The summed E-state index contributed by atoms with van der Waals surface area (Å²) in [7, 11) is 0. The Labute approximate surface area is 202 Å². The summed E-state index contributed by atoms with van der Waals surface area (Å²) in [5.41, 5.74) is 4.05. The molecule has 3 aromatic heterocycles. The Bertz CT molecular complexity index is 1410. The van der Waals surface area contributed by atoms with E-state index in [2.05, 4.69) is 15.6 Å². The third-order valence-corrected chi connectivity index (χ3v) is 7.39. The molecule has 1 spiro atoms. The van der Waals surface area contributed by atoms with E-state index in [-0.39, 0.29) is 12.2 Å². The molecule has 1 N–H and O–H groups in total. The highest BCUT2D eigenvalue weighted by Gasteiger charge is 2.47. The number of imidazole rings is 1. The largest absolute Gasteiger partial charge is 0.490 e. The van der Waals surface area contributed by atoms with E-state index in [4.69, 9.17) is 24.2 Å².